The maximum atomic E-state index is 13.8. The van der Waals surface area contributed by atoms with Crippen molar-refractivity contribution in [3.8, 4) is 16.9 Å². The van der Waals surface area contributed by atoms with E-state index >= 15 is 0 Å². The van der Waals surface area contributed by atoms with Gasteiger partial charge in [0.25, 0.3) is 0 Å². The van der Waals surface area contributed by atoms with E-state index in [1.807, 2.05) is 5.38 Å². The van der Waals surface area contributed by atoms with Gasteiger partial charge in [0.05, 0.1) is 32.1 Å². The molecule has 4 rings (SSSR count). The van der Waals surface area contributed by atoms with Crippen LogP contribution in [0.15, 0.2) is 65.0 Å². The highest BCUT2D eigenvalue weighted by atomic mass is 35.5. The SMILES string of the molecule is Fc1ccc(N=c2scc(-c3ccc(Cl)cc3Cl)n2-c2ccc(F)c(Cl)c2)cc1Cl. The molecule has 9 heteroatoms. The van der Waals surface area contributed by atoms with Crippen LogP contribution < -0.4 is 4.80 Å². The first-order chi connectivity index (χ1) is 14.3. The molecule has 4 aromatic rings. The third-order valence-electron chi connectivity index (χ3n) is 4.20. The summed E-state index contributed by atoms with van der Waals surface area (Å²) in [5.74, 6) is -1.07. The smallest absolute Gasteiger partial charge is 0.195 e. The van der Waals surface area contributed by atoms with Gasteiger partial charge in [0.2, 0.25) is 0 Å². The van der Waals surface area contributed by atoms with Gasteiger partial charge in [-0.1, -0.05) is 46.4 Å². The van der Waals surface area contributed by atoms with Crippen LogP contribution >= 0.6 is 57.7 Å². The second kappa shape index (κ2) is 8.69. The van der Waals surface area contributed by atoms with Crippen molar-refractivity contribution in [2.24, 2.45) is 4.99 Å². The van der Waals surface area contributed by atoms with E-state index in [0.29, 0.717) is 37.5 Å². The van der Waals surface area contributed by atoms with E-state index in [-0.39, 0.29) is 10.0 Å². The fraction of sp³-hybridized carbons (Fsp3) is 0. The highest BCUT2D eigenvalue weighted by Crippen LogP contribution is 2.33. The molecule has 152 valence electrons. The summed E-state index contributed by atoms with van der Waals surface area (Å²) in [6, 6.07) is 13.7. The van der Waals surface area contributed by atoms with E-state index < -0.39 is 11.6 Å². The minimum atomic E-state index is -0.536. The molecule has 3 aromatic carbocycles. The molecular formula is C21H10Cl4F2N2S. The quantitative estimate of drug-likeness (QED) is 0.268. The zero-order chi connectivity index (χ0) is 21.4. The van der Waals surface area contributed by atoms with Crippen molar-refractivity contribution in [3.63, 3.8) is 0 Å². The number of thiazole rings is 1. The van der Waals surface area contributed by atoms with Crippen molar-refractivity contribution in [1.29, 1.82) is 0 Å². The molecule has 30 heavy (non-hydrogen) atoms. The Morgan fingerprint density at radius 2 is 1.47 bits per heavy atom. The van der Waals surface area contributed by atoms with Crippen molar-refractivity contribution in [2.45, 2.75) is 0 Å². The molecule has 0 aliphatic rings. The first-order valence-corrected chi connectivity index (χ1v) is 10.8. The van der Waals surface area contributed by atoms with Crippen LogP contribution in [0.1, 0.15) is 0 Å². The van der Waals surface area contributed by atoms with Gasteiger partial charge in [-0.25, -0.2) is 13.8 Å². The standard InChI is InChI=1S/C21H10Cl4F2N2S/c22-11-1-4-14(15(23)7-11)20-10-30-21(28-12-2-5-18(26)16(24)8-12)29(20)13-3-6-19(27)17(25)9-13/h1-10H. The van der Waals surface area contributed by atoms with Gasteiger partial charge in [0, 0.05) is 16.0 Å². The van der Waals surface area contributed by atoms with Gasteiger partial charge in [0.15, 0.2) is 4.80 Å². The number of hydrogen-bond donors (Lipinski definition) is 0. The number of halogens is 6. The monoisotopic (exact) mass is 500 g/mol. The highest BCUT2D eigenvalue weighted by Gasteiger charge is 2.15. The van der Waals surface area contributed by atoms with E-state index in [9.17, 15) is 8.78 Å². The summed E-state index contributed by atoms with van der Waals surface area (Å²) in [5.41, 5.74) is 2.45. The Morgan fingerprint density at radius 1 is 0.767 bits per heavy atom. The van der Waals surface area contributed by atoms with Crippen LogP contribution in [-0.2, 0) is 0 Å². The molecule has 1 aromatic heterocycles. The molecule has 0 bridgehead atoms. The number of nitrogens with zero attached hydrogens (tertiary/aromatic N) is 2. The van der Waals surface area contributed by atoms with Crippen LogP contribution in [0, 0.1) is 11.6 Å². The van der Waals surface area contributed by atoms with Crippen LogP contribution in [-0.4, -0.2) is 4.57 Å². The van der Waals surface area contributed by atoms with Crippen molar-refractivity contribution < 1.29 is 8.78 Å². The van der Waals surface area contributed by atoms with E-state index in [1.54, 1.807) is 28.8 Å². The van der Waals surface area contributed by atoms with Gasteiger partial charge in [-0.15, -0.1) is 11.3 Å². The summed E-state index contributed by atoms with van der Waals surface area (Å²) in [4.78, 5) is 5.12. The van der Waals surface area contributed by atoms with Gasteiger partial charge in [-0.05, 0) is 54.6 Å². The predicted octanol–water partition coefficient (Wildman–Crippen LogP) is 8.33. The van der Waals surface area contributed by atoms with Crippen LogP contribution in [0.4, 0.5) is 14.5 Å². The lowest BCUT2D eigenvalue weighted by atomic mass is 10.1. The molecule has 0 atom stereocenters. The number of rotatable bonds is 3. The highest BCUT2D eigenvalue weighted by molar-refractivity contribution is 7.07. The minimum Gasteiger partial charge on any atom is -0.285 e. The molecule has 0 aliphatic carbocycles. The van der Waals surface area contributed by atoms with Crippen molar-refractivity contribution >= 4 is 63.4 Å². The number of aromatic nitrogens is 1. The third kappa shape index (κ3) is 4.27. The lowest BCUT2D eigenvalue weighted by Gasteiger charge is -2.11. The van der Waals surface area contributed by atoms with Gasteiger partial charge in [0.1, 0.15) is 11.6 Å². The summed E-state index contributed by atoms with van der Waals surface area (Å²) in [7, 11) is 0. The van der Waals surface area contributed by atoms with E-state index in [4.69, 9.17) is 46.4 Å². The largest absolute Gasteiger partial charge is 0.285 e. The molecule has 2 nitrogen and oxygen atoms in total. The summed E-state index contributed by atoms with van der Waals surface area (Å²) in [6.07, 6.45) is 0. The second-order valence-electron chi connectivity index (χ2n) is 6.17. The summed E-state index contributed by atoms with van der Waals surface area (Å²) >= 11 is 25.7. The maximum absolute atomic E-state index is 13.8. The first kappa shape index (κ1) is 21.3. The van der Waals surface area contributed by atoms with Crippen LogP contribution in [0.3, 0.4) is 0 Å². The second-order valence-corrected chi connectivity index (χ2v) is 8.67. The van der Waals surface area contributed by atoms with Gasteiger partial charge in [-0.3, -0.25) is 4.57 Å². The Balaban J connectivity index is 1.99. The normalized spacial score (nSPS) is 11.9. The van der Waals surface area contributed by atoms with Crippen molar-refractivity contribution in [3.05, 3.63) is 96.5 Å². The molecule has 0 saturated heterocycles. The predicted molar refractivity (Wildman–Crippen MR) is 121 cm³/mol. The maximum Gasteiger partial charge on any atom is 0.195 e. The van der Waals surface area contributed by atoms with Crippen molar-refractivity contribution in [2.75, 3.05) is 0 Å². The summed E-state index contributed by atoms with van der Waals surface area (Å²) in [6.45, 7) is 0. The van der Waals surface area contributed by atoms with Gasteiger partial charge >= 0.3 is 0 Å². The van der Waals surface area contributed by atoms with Gasteiger partial charge in [-0.2, -0.15) is 0 Å². The number of benzene rings is 3. The Bertz CT molecular complexity index is 1330. The van der Waals surface area contributed by atoms with Crippen LogP contribution in [0.25, 0.3) is 16.9 Å². The Morgan fingerprint density at radius 3 is 2.13 bits per heavy atom. The summed E-state index contributed by atoms with van der Waals surface area (Å²) in [5, 5.41) is 2.73. The van der Waals surface area contributed by atoms with Gasteiger partial charge < -0.3 is 0 Å². The Hall–Kier alpha value is -1.89. The fourth-order valence-corrected chi connectivity index (χ4v) is 4.58. The molecule has 0 unspecified atom stereocenters. The topological polar surface area (TPSA) is 17.3 Å². The third-order valence-corrected chi connectivity index (χ3v) is 6.16. The average molecular weight is 502 g/mol. The van der Waals surface area contributed by atoms with Crippen LogP contribution in [0.5, 0.6) is 0 Å². The molecule has 0 spiro atoms. The molecular weight excluding hydrogens is 492 g/mol. The Labute approximate surface area is 194 Å². The Kier molecular flexibility index (Phi) is 6.19. The fourth-order valence-electron chi connectivity index (χ4n) is 2.81. The molecule has 0 saturated carbocycles. The van der Waals surface area contributed by atoms with Crippen molar-refractivity contribution in [1.82, 2.24) is 4.57 Å². The molecule has 0 fully saturated rings. The van der Waals surface area contributed by atoms with E-state index in [1.165, 1.54) is 41.7 Å². The van der Waals surface area contributed by atoms with E-state index in [2.05, 4.69) is 4.99 Å². The zero-order valence-electron chi connectivity index (χ0n) is 14.8. The molecule has 0 radical (unpaired) electrons. The minimum absolute atomic E-state index is 0.0323. The lowest BCUT2D eigenvalue weighted by molar-refractivity contribution is 0.627. The average Bonchev–Trinajstić information content (AvgIpc) is 3.10. The molecule has 0 amide bonds. The van der Waals surface area contributed by atoms with E-state index in [0.717, 1.165) is 0 Å². The zero-order valence-corrected chi connectivity index (χ0v) is 18.7. The van der Waals surface area contributed by atoms with Crippen LogP contribution in [0.2, 0.25) is 20.1 Å². The molecule has 1 heterocycles. The lowest BCUT2D eigenvalue weighted by Crippen LogP contribution is -2.14. The first-order valence-electron chi connectivity index (χ1n) is 8.44. The molecule has 0 N–H and O–H groups in total. The summed E-state index contributed by atoms with van der Waals surface area (Å²) < 4.78 is 29.0. The molecule has 0 aliphatic heterocycles. The number of hydrogen-bond acceptors (Lipinski definition) is 2.